The fourth-order valence-electron chi connectivity index (χ4n) is 2.98. The van der Waals surface area contributed by atoms with Crippen molar-refractivity contribution in [3.8, 4) is 5.75 Å². The van der Waals surface area contributed by atoms with Crippen molar-refractivity contribution >= 4 is 29.3 Å². The number of amides is 1. The van der Waals surface area contributed by atoms with Gasteiger partial charge in [0.2, 0.25) is 5.91 Å². The molecule has 0 spiro atoms. The molecule has 1 amide bonds. The summed E-state index contributed by atoms with van der Waals surface area (Å²) in [6.07, 6.45) is 1.48. The van der Waals surface area contributed by atoms with Crippen molar-refractivity contribution in [2.45, 2.75) is 19.4 Å². The van der Waals surface area contributed by atoms with Gasteiger partial charge in [-0.15, -0.1) is 0 Å². The standard InChI is InChI=1S/C21H20ClNO5/c1-27-19-9-8-16(11-17(19)22)18(24)13-28-21(26)15-6-4-14(5-7-15)12-23-10-2-3-20(23)25/h4-9,11H,2-3,10,12-13H2,1H3. The summed E-state index contributed by atoms with van der Waals surface area (Å²) in [6.45, 7) is 0.913. The van der Waals surface area contributed by atoms with Crippen LogP contribution >= 0.6 is 11.6 Å². The van der Waals surface area contributed by atoms with E-state index in [2.05, 4.69) is 0 Å². The van der Waals surface area contributed by atoms with Gasteiger partial charge in [0.1, 0.15) is 5.75 Å². The van der Waals surface area contributed by atoms with E-state index in [1.165, 1.54) is 13.2 Å². The molecule has 2 aromatic rings. The molecule has 1 aliphatic rings. The first-order valence-corrected chi connectivity index (χ1v) is 9.26. The topological polar surface area (TPSA) is 72.9 Å². The lowest BCUT2D eigenvalue weighted by Crippen LogP contribution is -2.23. The number of benzene rings is 2. The van der Waals surface area contributed by atoms with Crippen molar-refractivity contribution in [2.24, 2.45) is 0 Å². The molecule has 3 rings (SSSR count). The Morgan fingerprint density at radius 2 is 1.82 bits per heavy atom. The summed E-state index contributed by atoms with van der Waals surface area (Å²) in [5.74, 6) is -0.328. The third kappa shape index (κ3) is 4.70. The van der Waals surface area contributed by atoms with E-state index < -0.39 is 5.97 Å². The van der Waals surface area contributed by atoms with E-state index in [1.54, 1.807) is 41.3 Å². The number of likely N-dealkylation sites (tertiary alicyclic amines) is 1. The van der Waals surface area contributed by atoms with Crippen LogP contribution in [0.5, 0.6) is 5.75 Å². The maximum absolute atomic E-state index is 12.2. The van der Waals surface area contributed by atoms with Crippen LogP contribution in [0.15, 0.2) is 42.5 Å². The summed E-state index contributed by atoms with van der Waals surface area (Å²) in [5, 5.41) is 0.312. The maximum Gasteiger partial charge on any atom is 0.338 e. The monoisotopic (exact) mass is 401 g/mol. The maximum atomic E-state index is 12.2. The number of methoxy groups -OCH3 is 1. The molecule has 146 valence electrons. The lowest BCUT2D eigenvalue weighted by atomic mass is 10.1. The van der Waals surface area contributed by atoms with Gasteiger partial charge in [-0.3, -0.25) is 9.59 Å². The molecule has 0 radical (unpaired) electrons. The first kappa shape index (κ1) is 19.9. The van der Waals surface area contributed by atoms with Gasteiger partial charge < -0.3 is 14.4 Å². The van der Waals surface area contributed by atoms with Crippen LogP contribution in [0.1, 0.15) is 39.1 Å². The van der Waals surface area contributed by atoms with E-state index in [0.29, 0.717) is 34.9 Å². The molecule has 0 unspecified atom stereocenters. The number of rotatable bonds is 7. The number of carbonyl (C=O) groups excluding carboxylic acids is 3. The highest BCUT2D eigenvalue weighted by Gasteiger charge is 2.20. The quantitative estimate of drug-likeness (QED) is 0.524. The van der Waals surface area contributed by atoms with E-state index in [9.17, 15) is 14.4 Å². The Morgan fingerprint density at radius 1 is 1.11 bits per heavy atom. The van der Waals surface area contributed by atoms with Crippen LogP contribution in [0.2, 0.25) is 5.02 Å². The zero-order chi connectivity index (χ0) is 20.1. The first-order valence-electron chi connectivity index (χ1n) is 8.88. The molecule has 2 aromatic carbocycles. The number of ketones is 1. The third-order valence-corrected chi connectivity index (χ3v) is 4.84. The number of hydrogen-bond donors (Lipinski definition) is 0. The van der Waals surface area contributed by atoms with Gasteiger partial charge in [0, 0.05) is 25.1 Å². The smallest absolute Gasteiger partial charge is 0.338 e. The van der Waals surface area contributed by atoms with Crippen LogP contribution in [0.3, 0.4) is 0 Å². The van der Waals surface area contributed by atoms with Crippen molar-refractivity contribution in [2.75, 3.05) is 20.3 Å². The molecule has 0 bridgehead atoms. The molecule has 7 heteroatoms. The highest BCUT2D eigenvalue weighted by atomic mass is 35.5. The van der Waals surface area contributed by atoms with Gasteiger partial charge in [-0.2, -0.15) is 0 Å². The van der Waals surface area contributed by atoms with Crippen molar-refractivity contribution in [1.82, 2.24) is 4.90 Å². The van der Waals surface area contributed by atoms with Gasteiger partial charge in [0.05, 0.1) is 17.7 Å². The fourth-order valence-corrected chi connectivity index (χ4v) is 3.23. The Labute approximate surface area is 168 Å². The molecule has 0 atom stereocenters. The lowest BCUT2D eigenvalue weighted by molar-refractivity contribution is -0.128. The summed E-state index contributed by atoms with van der Waals surface area (Å²) in [7, 11) is 1.48. The average molecular weight is 402 g/mol. The SMILES string of the molecule is COc1ccc(C(=O)COC(=O)c2ccc(CN3CCCC3=O)cc2)cc1Cl. The van der Waals surface area contributed by atoms with Crippen molar-refractivity contribution in [3.05, 3.63) is 64.2 Å². The second kappa shape index (κ2) is 8.89. The first-order chi connectivity index (χ1) is 13.5. The molecule has 1 aliphatic heterocycles. The minimum atomic E-state index is -0.586. The highest BCUT2D eigenvalue weighted by molar-refractivity contribution is 6.32. The zero-order valence-corrected chi connectivity index (χ0v) is 16.2. The van der Waals surface area contributed by atoms with Crippen LogP contribution in [-0.2, 0) is 16.1 Å². The van der Waals surface area contributed by atoms with Crippen molar-refractivity contribution in [1.29, 1.82) is 0 Å². The zero-order valence-electron chi connectivity index (χ0n) is 15.4. The molecule has 28 heavy (non-hydrogen) atoms. The second-order valence-corrected chi connectivity index (χ2v) is 6.87. The second-order valence-electron chi connectivity index (χ2n) is 6.46. The van der Waals surface area contributed by atoms with Crippen LogP contribution in [-0.4, -0.2) is 42.8 Å². The predicted molar refractivity (Wildman–Crippen MR) is 104 cm³/mol. The van der Waals surface area contributed by atoms with Crippen LogP contribution in [0, 0.1) is 0 Å². The molecule has 0 N–H and O–H groups in total. The molecule has 1 heterocycles. The Hall–Kier alpha value is -2.86. The van der Waals surface area contributed by atoms with Gasteiger partial charge in [0.15, 0.2) is 12.4 Å². The van der Waals surface area contributed by atoms with Gasteiger partial charge in [0.25, 0.3) is 0 Å². The Morgan fingerprint density at radius 3 is 2.43 bits per heavy atom. The van der Waals surface area contributed by atoms with E-state index in [1.807, 2.05) is 0 Å². The molecular formula is C21H20ClNO5. The minimum Gasteiger partial charge on any atom is -0.495 e. The summed E-state index contributed by atoms with van der Waals surface area (Å²) < 4.78 is 10.1. The van der Waals surface area contributed by atoms with Crippen molar-refractivity contribution < 1.29 is 23.9 Å². The number of nitrogens with zero attached hydrogens (tertiary/aromatic N) is 1. The van der Waals surface area contributed by atoms with Crippen molar-refractivity contribution in [3.63, 3.8) is 0 Å². The number of esters is 1. The van der Waals surface area contributed by atoms with Gasteiger partial charge >= 0.3 is 5.97 Å². The normalized spacial score (nSPS) is 13.5. The van der Waals surface area contributed by atoms with Crippen LogP contribution in [0.25, 0.3) is 0 Å². The average Bonchev–Trinajstić information content (AvgIpc) is 3.10. The Kier molecular flexibility index (Phi) is 6.31. The van der Waals surface area contributed by atoms with E-state index in [0.717, 1.165) is 18.5 Å². The Balaban J connectivity index is 1.55. The molecule has 0 aliphatic carbocycles. The number of ether oxygens (including phenoxy) is 2. The summed E-state index contributed by atoms with van der Waals surface area (Å²) in [4.78, 5) is 37.8. The largest absolute Gasteiger partial charge is 0.495 e. The lowest BCUT2D eigenvalue weighted by Gasteiger charge is -2.15. The predicted octanol–water partition coefficient (Wildman–Crippen LogP) is 3.51. The highest BCUT2D eigenvalue weighted by Crippen LogP contribution is 2.25. The van der Waals surface area contributed by atoms with Crippen LogP contribution < -0.4 is 4.74 Å². The molecule has 0 aromatic heterocycles. The van der Waals surface area contributed by atoms with E-state index in [-0.39, 0.29) is 18.3 Å². The van der Waals surface area contributed by atoms with E-state index >= 15 is 0 Å². The fraction of sp³-hybridized carbons (Fsp3) is 0.286. The number of Topliss-reactive ketones (excluding diaryl/α,β-unsaturated/α-hetero) is 1. The van der Waals surface area contributed by atoms with Gasteiger partial charge in [-0.25, -0.2) is 4.79 Å². The molecule has 6 nitrogen and oxygen atoms in total. The molecular weight excluding hydrogens is 382 g/mol. The number of hydrogen-bond acceptors (Lipinski definition) is 5. The minimum absolute atomic E-state index is 0.153. The summed E-state index contributed by atoms with van der Waals surface area (Å²) in [5.41, 5.74) is 1.62. The van der Waals surface area contributed by atoms with E-state index in [4.69, 9.17) is 21.1 Å². The van der Waals surface area contributed by atoms with Gasteiger partial charge in [-0.05, 0) is 42.3 Å². The Bertz CT molecular complexity index is 894. The number of carbonyl (C=O) groups is 3. The molecule has 1 saturated heterocycles. The number of halogens is 1. The molecule has 1 fully saturated rings. The summed E-state index contributed by atoms with van der Waals surface area (Å²) >= 11 is 6.01. The summed E-state index contributed by atoms with van der Waals surface area (Å²) in [6, 6.07) is 11.5. The van der Waals surface area contributed by atoms with Gasteiger partial charge in [-0.1, -0.05) is 23.7 Å². The molecule has 0 saturated carbocycles. The third-order valence-electron chi connectivity index (χ3n) is 4.54. The van der Waals surface area contributed by atoms with Crippen LogP contribution in [0.4, 0.5) is 0 Å².